The molecule has 2 rings (SSSR count). The Labute approximate surface area is 113 Å². The van der Waals surface area contributed by atoms with Crippen molar-refractivity contribution in [1.29, 1.82) is 0 Å². The second kappa shape index (κ2) is 6.52. The van der Waals surface area contributed by atoms with Gasteiger partial charge in [0.25, 0.3) is 0 Å². The van der Waals surface area contributed by atoms with E-state index in [0.29, 0.717) is 13.0 Å². The normalized spacial score (nSPS) is 16.4. The van der Waals surface area contributed by atoms with Crippen LogP contribution in [-0.2, 0) is 16.0 Å². The molecule has 0 bridgehead atoms. The third kappa shape index (κ3) is 3.67. The van der Waals surface area contributed by atoms with Crippen LogP contribution in [0.2, 0.25) is 0 Å². The lowest BCUT2D eigenvalue weighted by molar-refractivity contribution is -0.144. The number of esters is 1. The van der Waals surface area contributed by atoms with Crippen molar-refractivity contribution in [3.8, 4) is 0 Å². The molecular weight excluding hydrogens is 242 g/mol. The lowest BCUT2D eigenvalue weighted by atomic mass is 10.1. The highest BCUT2D eigenvalue weighted by Gasteiger charge is 2.16. The molecular formula is C14H21N3O2. The van der Waals surface area contributed by atoms with Crippen molar-refractivity contribution >= 4 is 11.8 Å². The van der Waals surface area contributed by atoms with Crippen molar-refractivity contribution < 1.29 is 9.53 Å². The molecule has 0 radical (unpaired) electrons. The predicted octanol–water partition coefficient (Wildman–Crippen LogP) is 1.11. The average Bonchev–Trinajstić information content (AvgIpc) is 2.94. The standard InChI is InChI=1S/C14H21N3O2/c1-2-19-14(18)12(15)9-11-5-6-13(16-10-11)17-7-3-4-8-17/h5-6,10,12H,2-4,7-9,15H2,1H3. The number of anilines is 1. The summed E-state index contributed by atoms with van der Waals surface area (Å²) in [6.07, 6.45) is 4.73. The number of ether oxygens (including phenoxy) is 1. The van der Waals surface area contributed by atoms with E-state index in [9.17, 15) is 4.79 Å². The van der Waals surface area contributed by atoms with Crippen LogP contribution in [0.4, 0.5) is 5.82 Å². The molecule has 0 amide bonds. The molecule has 1 aromatic rings. The van der Waals surface area contributed by atoms with Gasteiger partial charge in [-0.15, -0.1) is 0 Å². The summed E-state index contributed by atoms with van der Waals surface area (Å²) in [7, 11) is 0. The van der Waals surface area contributed by atoms with Crippen molar-refractivity contribution in [3.63, 3.8) is 0 Å². The minimum atomic E-state index is -0.612. The number of carbonyl (C=O) groups is 1. The first kappa shape index (κ1) is 13.8. The Kier molecular flexibility index (Phi) is 4.74. The second-order valence-electron chi connectivity index (χ2n) is 4.78. The molecule has 0 spiro atoms. The number of carbonyl (C=O) groups excluding carboxylic acids is 1. The van der Waals surface area contributed by atoms with E-state index in [1.807, 2.05) is 12.1 Å². The van der Waals surface area contributed by atoms with Crippen molar-refractivity contribution in [2.24, 2.45) is 5.73 Å². The molecule has 1 fully saturated rings. The molecule has 0 aliphatic carbocycles. The molecule has 1 aliphatic heterocycles. The number of nitrogens with two attached hydrogens (primary N) is 1. The molecule has 5 heteroatoms. The maximum absolute atomic E-state index is 11.4. The van der Waals surface area contributed by atoms with E-state index in [0.717, 1.165) is 24.5 Å². The molecule has 0 saturated carbocycles. The Morgan fingerprint density at radius 3 is 2.79 bits per heavy atom. The van der Waals surface area contributed by atoms with Crippen LogP contribution in [0.1, 0.15) is 25.3 Å². The summed E-state index contributed by atoms with van der Waals surface area (Å²) >= 11 is 0. The molecule has 2 heterocycles. The van der Waals surface area contributed by atoms with Gasteiger partial charge in [-0.3, -0.25) is 4.79 Å². The first-order valence-corrected chi connectivity index (χ1v) is 6.83. The van der Waals surface area contributed by atoms with Crippen LogP contribution in [0.3, 0.4) is 0 Å². The molecule has 2 N–H and O–H groups in total. The van der Waals surface area contributed by atoms with E-state index < -0.39 is 6.04 Å². The molecule has 1 unspecified atom stereocenters. The Morgan fingerprint density at radius 2 is 2.21 bits per heavy atom. The average molecular weight is 263 g/mol. The number of rotatable bonds is 5. The monoisotopic (exact) mass is 263 g/mol. The van der Waals surface area contributed by atoms with Crippen molar-refractivity contribution in [1.82, 2.24) is 4.98 Å². The van der Waals surface area contributed by atoms with Gasteiger partial charge in [-0.25, -0.2) is 4.98 Å². The Balaban J connectivity index is 1.92. The van der Waals surface area contributed by atoms with Crippen LogP contribution < -0.4 is 10.6 Å². The highest BCUT2D eigenvalue weighted by Crippen LogP contribution is 2.17. The van der Waals surface area contributed by atoms with Crippen molar-refractivity contribution in [3.05, 3.63) is 23.9 Å². The third-order valence-corrected chi connectivity index (χ3v) is 3.28. The lowest BCUT2D eigenvalue weighted by Crippen LogP contribution is -2.34. The molecule has 1 aliphatic rings. The van der Waals surface area contributed by atoms with Gasteiger partial charge in [0, 0.05) is 19.3 Å². The fourth-order valence-corrected chi connectivity index (χ4v) is 2.26. The van der Waals surface area contributed by atoms with Gasteiger partial charge in [0.2, 0.25) is 0 Å². The van der Waals surface area contributed by atoms with E-state index in [1.165, 1.54) is 12.8 Å². The minimum Gasteiger partial charge on any atom is -0.465 e. The Morgan fingerprint density at radius 1 is 1.47 bits per heavy atom. The molecule has 104 valence electrons. The fourth-order valence-electron chi connectivity index (χ4n) is 2.26. The zero-order chi connectivity index (χ0) is 13.7. The van der Waals surface area contributed by atoms with Gasteiger partial charge in [0.1, 0.15) is 11.9 Å². The number of aromatic nitrogens is 1. The quantitative estimate of drug-likeness (QED) is 0.806. The molecule has 19 heavy (non-hydrogen) atoms. The van der Waals surface area contributed by atoms with Crippen LogP contribution >= 0.6 is 0 Å². The van der Waals surface area contributed by atoms with E-state index in [2.05, 4.69) is 9.88 Å². The summed E-state index contributed by atoms with van der Waals surface area (Å²) in [6, 6.07) is 3.37. The molecule has 1 saturated heterocycles. The maximum Gasteiger partial charge on any atom is 0.323 e. The van der Waals surface area contributed by atoms with Gasteiger partial charge in [-0.05, 0) is 37.8 Å². The first-order valence-electron chi connectivity index (χ1n) is 6.83. The van der Waals surface area contributed by atoms with E-state index in [1.54, 1.807) is 13.1 Å². The first-order chi connectivity index (χ1) is 9.20. The minimum absolute atomic E-state index is 0.355. The zero-order valence-corrected chi connectivity index (χ0v) is 11.3. The fraction of sp³-hybridized carbons (Fsp3) is 0.571. The summed E-state index contributed by atoms with van der Waals surface area (Å²) in [5.41, 5.74) is 6.74. The van der Waals surface area contributed by atoms with Crippen LogP contribution in [0.25, 0.3) is 0 Å². The molecule has 5 nitrogen and oxygen atoms in total. The van der Waals surface area contributed by atoms with Crippen LogP contribution in [0.5, 0.6) is 0 Å². The highest BCUT2D eigenvalue weighted by atomic mass is 16.5. The summed E-state index contributed by atoms with van der Waals surface area (Å²) in [4.78, 5) is 18.2. The van der Waals surface area contributed by atoms with Crippen LogP contribution in [-0.4, -0.2) is 36.7 Å². The summed E-state index contributed by atoms with van der Waals surface area (Å²) in [5, 5.41) is 0. The number of hydrogen-bond donors (Lipinski definition) is 1. The smallest absolute Gasteiger partial charge is 0.323 e. The highest BCUT2D eigenvalue weighted by molar-refractivity contribution is 5.75. The SMILES string of the molecule is CCOC(=O)C(N)Cc1ccc(N2CCCC2)nc1. The van der Waals surface area contributed by atoms with Crippen molar-refractivity contribution in [2.45, 2.75) is 32.2 Å². The molecule has 1 atom stereocenters. The van der Waals surface area contributed by atoms with Gasteiger partial charge < -0.3 is 15.4 Å². The number of nitrogens with zero attached hydrogens (tertiary/aromatic N) is 2. The zero-order valence-electron chi connectivity index (χ0n) is 11.3. The summed E-state index contributed by atoms with van der Waals surface area (Å²) < 4.78 is 4.89. The summed E-state index contributed by atoms with van der Waals surface area (Å²) in [6.45, 7) is 4.29. The van der Waals surface area contributed by atoms with Gasteiger partial charge in [-0.2, -0.15) is 0 Å². The van der Waals surface area contributed by atoms with E-state index in [-0.39, 0.29) is 5.97 Å². The topological polar surface area (TPSA) is 68.5 Å². The lowest BCUT2D eigenvalue weighted by Gasteiger charge is -2.16. The summed E-state index contributed by atoms with van der Waals surface area (Å²) in [5.74, 6) is 0.650. The Bertz CT molecular complexity index is 413. The van der Waals surface area contributed by atoms with Gasteiger partial charge in [0.05, 0.1) is 6.61 Å². The Hall–Kier alpha value is -1.62. The maximum atomic E-state index is 11.4. The largest absolute Gasteiger partial charge is 0.465 e. The number of pyridine rings is 1. The van der Waals surface area contributed by atoms with Gasteiger partial charge >= 0.3 is 5.97 Å². The third-order valence-electron chi connectivity index (χ3n) is 3.28. The van der Waals surface area contributed by atoms with Crippen molar-refractivity contribution in [2.75, 3.05) is 24.6 Å². The van der Waals surface area contributed by atoms with E-state index in [4.69, 9.17) is 10.5 Å². The van der Waals surface area contributed by atoms with Crippen LogP contribution in [0.15, 0.2) is 18.3 Å². The van der Waals surface area contributed by atoms with Crippen LogP contribution in [0, 0.1) is 0 Å². The predicted molar refractivity (Wildman–Crippen MR) is 74.0 cm³/mol. The molecule has 1 aromatic heterocycles. The van der Waals surface area contributed by atoms with E-state index >= 15 is 0 Å². The van der Waals surface area contributed by atoms with Gasteiger partial charge in [0.15, 0.2) is 0 Å². The van der Waals surface area contributed by atoms with Gasteiger partial charge in [-0.1, -0.05) is 6.07 Å². The second-order valence-corrected chi connectivity index (χ2v) is 4.78. The number of hydrogen-bond acceptors (Lipinski definition) is 5. The molecule has 0 aromatic carbocycles.